The molecule has 0 unspecified atom stereocenters. The van der Waals surface area contributed by atoms with Gasteiger partial charge < -0.3 is 14.4 Å². The summed E-state index contributed by atoms with van der Waals surface area (Å²) in [6, 6.07) is 0. The van der Waals surface area contributed by atoms with Gasteiger partial charge in [0.2, 0.25) is 5.91 Å². The highest BCUT2D eigenvalue weighted by Gasteiger charge is 2.10. The van der Waals surface area contributed by atoms with E-state index in [9.17, 15) is 4.79 Å². The van der Waals surface area contributed by atoms with Crippen LogP contribution < -0.4 is 0 Å². The maximum Gasteiger partial charge on any atom is 0.248 e. The van der Waals surface area contributed by atoms with E-state index in [0.717, 1.165) is 0 Å². The Morgan fingerprint density at radius 3 is 2.29 bits per heavy atom. The van der Waals surface area contributed by atoms with Gasteiger partial charge in [-0.1, -0.05) is 0 Å². The summed E-state index contributed by atoms with van der Waals surface area (Å²) < 4.78 is 10.2. The van der Waals surface area contributed by atoms with Crippen molar-refractivity contribution in [3.63, 3.8) is 0 Å². The molecular formula is C10H21NO3. The van der Waals surface area contributed by atoms with Crippen molar-refractivity contribution >= 4 is 5.91 Å². The first kappa shape index (κ1) is 13.4. The largest absolute Gasteiger partial charge is 0.380 e. The molecule has 0 fully saturated rings. The minimum atomic E-state index is 0.0362. The molecule has 4 nitrogen and oxygen atoms in total. The van der Waals surface area contributed by atoms with Gasteiger partial charge in [0.05, 0.1) is 6.61 Å². The summed E-state index contributed by atoms with van der Waals surface area (Å²) in [7, 11) is 0. The fourth-order valence-corrected chi connectivity index (χ4v) is 1.06. The highest BCUT2D eigenvalue weighted by Crippen LogP contribution is 1.91. The van der Waals surface area contributed by atoms with Gasteiger partial charge in [-0.15, -0.1) is 0 Å². The number of ether oxygens (including phenoxy) is 2. The third kappa shape index (κ3) is 5.94. The average molecular weight is 203 g/mol. The minimum Gasteiger partial charge on any atom is -0.380 e. The fourth-order valence-electron chi connectivity index (χ4n) is 1.06. The van der Waals surface area contributed by atoms with E-state index in [1.54, 1.807) is 4.90 Å². The zero-order chi connectivity index (χ0) is 10.8. The van der Waals surface area contributed by atoms with Crippen LogP contribution in [0.1, 0.15) is 20.8 Å². The monoisotopic (exact) mass is 203 g/mol. The molecule has 0 aliphatic carbocycles. The second-order valence-corrected chi connectivity index (χ2v) is 2.81. The van der Waals surface area contributed by atoms with Gasteiger partial charge in [0.25, 0.3) is 0 Å². The van der Waals surface area contributed by atoms with Gasteiger partial charge in [-0.3, -0.25) is 4.79 Å². The van der Waals surface area contributed by atoms with Gasteiger partial charge in [-0.2, -0.15) is 0 Å². The molecule has 14 heavy (non-hydrogen) atoms. The minimum absolute atomic E-state index is 0.0362. The molecule has 0 saturated carbocycles. The molecule has 0 aromatic heterocycles. The Kier molecular flexibility index (Phi) is 8.57. The molecule has 0 saturated heterocycles. The van der Waals surface area contributed by atoms with Crippen molar-refractivity contribution in [3.8, 4) is 0 Å². The first-order valence-electron chi connectivity index (χ1n) is 5.19. The van der Waals surface area contributed by atoms with Crippen LogP contribution in [0.5, 0.6) is 0 Å². The maximum absolute atomic E-state index is 11.5. The van der Waals surface area contributed by atoms with E-state index in [1.807, 2.05) is 20.8 Å². The summed E-state index contributed by atoms with van der Waals surface area (Å²) >= 11 is 0. The summed E-state index contributed by atoms with van der Waals surface area (Å²) in [5.41, 5.74) is 0. The van der Waals surface area contributed by atoms with E-state index < -0.39 is 0 Å². The molecule has 0 aromatic rings. The zero-order valence-corrected chi connectivity index (χ0v) is 9.41. The molecule has 84 valence electrons. The van der Waals surface area contributed by atoms with E-state index in [0.29, 0.717) is 32.9 Å². The van der Waals surface area contributed by atoms with E-state index >= 15 is 0 Å². The lowest BCUT2D eigenvalue weighted by Gasteiger charge is -2.20. The number of carbonyl (C=O) groups excluding carboxylic acids is 1. The molecule has 0 rings (SSSR count). The molecule has 0 N–H and O–H groups in total. The van der Waals surface area contributed by atoms with Crippen LogP contribution in [0.3, 0.4) is 0 Å². The van der Waals surface area contributed by atoms with Gasteiger partial charge in [0.1, 0.15) is 6.61 Å². The molecule has 4 heteroatoms. The number of hydrogen-bond acceptors (Lipinski definition) is 3. The van der Waals surface area contributed by atoms with E-state index in [-0.39, 0.29) is 12.5 Å². The highest BCUT2D eigenvalue weighted by molar-refractivity contribution is 5.77. The van der Waals surface area contributed by atoms with Gasteiger partial charge >= 0.3 is 0 Å². The Morgan fingerprint density at radius 2 is 1.79 bits per heavy atom. The Hall–Kier alpha value is -0.610. The van der Waals surface area contributed by atoms with Gasteiger partial charge in [-0.05, 0) is 20.8 Å². The van der Waals surface area contributed by atoms with Gasteiger partial charge in [0.15, 0.2) is 0 Å². The van der Waals surface area contributed by atoms with Crippen LogP contribution in [0.15, 0.2) is 0 Å². The van der Waals surface area contributed by atoms with Crippen LogP contribution >= 0.6 is 0 Å². The van der Waals surface area contributed by atoms with Crippen molar-refractivity contribution < 1.29 is 14.3 Å². The molecule has 0 radical (unpaired) electrons. The van der Waals surface area contributed by atoms with Crippen molar-refractivity contribution in [3.05, 3.63) is 0 Å². The first-order valence-corrected chi connectivity index (χ1v) is 5.19. The number of carbonyl (C=O) groups is 1. The van der Waals surface area contributed by atoms with Crippen molar-refractivity contribution in [1.82, 2.24) is 4.90 Å². The molecule has 0 atom stereocenters. The summed E-state index contributed by atoms with van der Waals surface area (Å²) in [5.74, 6) is 0.0362. The quantitative estimate of drug-likeness (QED) is 0.550. The van der Waals surface area contributed by atoms with Crippen LogP contribution in [0.4, 0.5) is 0 Å². The normalized spacial score (nSPS) is 10.2. The van der Waals surface area contributed by atoms with Crippen molar-refractivity contribution in [2.75, 3.05) is 39.5 Å². The molecule has 0 aromatic carbocycles. The molecule has 0 heterocycles. The first-order chi connectivity index (χ1) is 6.76. The molecule has 0 spiro atoms. The zero-order valence-electron chi connectivity index (χ0n) is 9.41. The van der Waals surface area contributed by atoms with Crippen LogP contribution in [-0.2, 0) is 14.3 Å². The molecule has 0 aliphatic rings. The Labute approximate surface area is 86.2 Å². The van der Waals surface area contributed by atoms with Crippen LogP contribution in [0.25, 0.3) is 0 Å². The van der Waals surface area contributed by atoms with Crippen LogP contribution in [0.2, 0.25) is 0 Å². The summed E-state index contributed by atoms with van der Waals surface area (Å²) in [6.07, 6.45) is 0. The number of nitrogens with zero attached hydrogens (tertiary/aromatic N) is 1. The third-order valence-electron chi connectivity index (χ3n) is 1.87. The number of hydrogen-bond donors (Lipinski definition) is 0. The van der Waals surface area contributed by atoms with E-state index in [4.69, 9.17) is 9.47 Å². The predicted molar refractivity (Wildman–Crippen MR) is 55.2 cm³/mol. The molecule has 0 bridgehead atoms. The molecular weight excluding hydrogens is 182 g/mol. The fraction of sp³-hybridized carbons (Fsp3) is 0.900. The lowest BCUT2D eigenvalue weighted by molar-refractivity contribution is -0.136. The van der Waals surface area contributed by atoms with E-state index in [1.165, 1.54) is 0 Å². The van der Waals surface area contributed by atoms with E-state index in [2.05, 4.69) is 0 Å². The van der Waals surface area contributed by atoms with Gasteiger partial charge in [0, 0.05) is 26.3 Å². The lowest BCUT2D eigenvalue weighted by atomic mass is 10.4. The maximum atomic E-state index is 11.5. The third-order valence-corrected chi connectivity index (χ3v) is 1.87. The number of amides is 1. The topological polar surface area (TPSA) is 38.8 Å². The number of likely N-dealkylation sites (N-methyl/N-ethyl adjacent to an activating group) is 1. The Morgan fingerprint density at radius 1 is 1.14 bits per heavy atom. The predicted octanol–water partition coefficient (Wildman–Crippen LogP) is 0.908. The smallest absolute Gasteiger partial charge is 0.248 e. The Balaban J connectivity index is 3.69. The van der Waals surface area contributed by atoms with Crippen molar-refractivity contribution in [2.45, 2.75) is 20.8 Å². The average Bonchev–Trinajstić information content (AvgIpc) is 2.21. The van der Waals surface area contributed by atoms with Crippen molar-refractivity contribution in [2.24, 2.45) is 0 Å². The molecule has 1 amide bonds. The van der Waals surface area contributed by atoms with Crippen LogP contribution in [-0.4, -0.2) is 50.3 Å². The summed E-state index contributed by atoms with van der Waals surface area (Å²) in [6.45, 7) is 9.18. The van der Waals surface area contributed by atoms with Gasteiger partial charge in [-0.25, -0.2) is 0 Å². The SMILES string of the molecule is CCOCCN(CC)C(=O)COCC. The second-order valence-electron chi connectivity index (χ2n) is 2.81. The Bertz CT molecular complexity index is 150. The lowest BCUT2D eigenvalue weighted by Crippen LogP contribution is -2.36. The van der Waals surface area contributed by atoms with Crippen molar-refractivity contribution in [1.29, 1.82) is 0 Å². The standard InChI is InChI=1S/C10H21NO3/c1-4-11(7-8-13-5-2)10(12)9-14-6-3/h4-9H2,1-3H3. The second kappa shape index (κ2) is 8.97. The van der Waals surface area contributed by atoms with Crippen LogP contribution in [0, 0.1) is 0 Å². The summed E-state index contributed by atoms with van der Waals surface area (Å²) in [5, 5.41) is 0. The number of rotatable bonds is 8. The molecule has 0 aliphatic heterocycles. The highest BCUT2D eigenvalue weighted by atomic mass is 16.5. The summed E-state index contributed by atoms with van der Waals surface area (Å²) in [4.78, 5) is 13.2.